The van der Waals surface area contributed by atoms with Crippen molar-refractivity contribution in [2.75, 3.05) is 17.2 Å². The average Bonchev–Trinajstić information content (AvgIpc) is 3.48. The van der Waals surface area contributed by atoms with Crippen molar-refractivity contribution < 1.29 is 15.3 Å². The maximum atomic E-state index is 11.2. The average molecular weight is 454 g/mol. The van der Waals surface area contributed by atoms with E-state index in [0.29, 0.717) is 40.3 Å². The van der Waals surface area contributed by atoms with Crippen LogP contribution in [0.5, 0.6) is 0 Å². The standard InChI is InChI=1S/C21H23N7O3S/c1-11-16(19-24-13-4-2-3-5-14(13)32-19)18(26-20(23-11)25-15-7-9-22-28-15)27-21(31)8-6-12(10-29)17(21)30/h2-5,7,9,12,17,29-31H,6,8,10H2,1H3,(H3,22,23,25,26,27,28). The van der Waals surface area contributed by atoms with E-state index in [1.54, 1.807) is 12.3 Å². The summed E-state index contributed by atoms with van der Waals surface area (Å²) in [6.45, 7) is 1.64. The Morgan fingerprint density at radius 3 is 2.78 bits per heavy atom. The van der Waals surface area contributed by atoms with E-state index in [1.807, 2.05) is 31.2 Å². The third-order valence-corrected chi connectivity index (χ3v) is 6.80. The monoisotopic (exact) mass is 453 g/mol. The number of benzene rings is 1. The summed E-state index contributed by atoms with van der Waals surface area (Å²) < 4.78 is 1.02. The van der Waals surface area contributed by atoms with E-state index in [4.69, 9.17) is 4.98 Å². The minimum absolute atomic E-state index is 0.203. The second-order valence-corrected chi connectivity index (χ2v) is 8.94. The Morgan fingerprint density at radius 1 is 1.22 bits per heavy atom. The van der Waals surface area contributed by atoms with Gasteiger partial charge in [-0.15, -0.1) is 11.3 Å². The summed E-state index contributed by atoms with van der Waals surface area (Å²) in [5.74, 6) is 0.847. The quantitative estimate of drug-likeness (QED) is 0.242. The highest BCUT2D eigenvalue weighted by atomic mass is 32.1. The van der Waals surface area contributed by atoms with Crippen LogP contribution >= 0.6 is 11.3 Å². The fraction of sp³-hybridized carbons (Fsp3) is 0.333. The van der Waals surface area contributed by atoms with Gasteiger partial charge < -0.3 is 26.0 Å². The number of fused-ring (bicyclic) bond motifs is 1. The van der Waals surface area contributed by atoms with Crippen molar-refractivity contribution in [2.45, 2.75) is 31.6 Å². The molecule has 5 rings (SSSR count). The molecule has 0 amide bonds. The maximum Gasteiger partial charge on any atom is 0.230 e. The van der Waals surface area contributed by atoms with E-state index in [1.165, 1.54) is 11.3 Å². The molecule has 0 radical (unpaired) electrons. The highest BCUT2D eigenvalue weighted by molar-refractivity contribution is 7.21. The molecule has 1 fully saturated rings. The largest absolute Gasteiger partial charge is 0.396 e. The molecule has 1 saturated carbocycles. The van der Waals surface area contributed by atoms with Crippen molar-refractivity contribution in [1.82, 2.24) is 25.1 Å². The molecular weight excluding hydrogens is 430 g/mol. The number of aromatic amines is 1. The first-order valence-corrected chi connectivity index (χ1v) is 11.1. The number of nitrogens with zero attached hydrogens (tertiary/aromatic N) is 4. The highest BCUT2D eigenvalue weighted by Crippen LogP contribution is 2.40. The number of aliphatic hydroxyl groups excluding tert-OH is 2. The van der Waals surface area contributed by atoms with Gasteiger partial charge in [0.1, 0.15) is 22.7 Å². The van der Waals surface area contributed by atoms with Crippen LogP contribution in [0.15, 0.2) is 36.5 Å². The summed E-state index contributed by atoms with van der Waals surface area (Å²) >= 11 is 1.50. The summed E-state index contributed by atoms with van der Waals surface area (Å²) in [4.78, 5) is 13.9. The zero-order valence-corrected chi connectivity index (χ0v) is 18.1. The van der Waals surface area contributed by atoms with Gasteiger partial charge in [0.2, 0.25) is 5.95 Å². The van der Waals surface area contributed by atoms with E-state index >= 15 is 0 Å². The van der Waals surface area contributed by atoms with Crippen molar-refractivity contribution in [3.05, 3.63) is 42.2 Å². The fourth-order valence-corrected chi connectivity index (χ4v) is 5.10. The minimum atomic E-state index is -1.63. The first-order valence-electron chi connectivity index (χ1n) is 10.3. The summed E-state index contributed by atoms with van der Waals surface area (Å²) in [5.41, 5.74) is 0.524. The minimum Gasteiger partial charge on any atom is -0.396 e. The molecule has 6 N–H and O–H groups in total. The van der Waals surface area contributed by atoms with Crippen LogP contribution in [0.25, 0.3) is 20.8 Å². The molecule has 166 valence electrons. The summed E-state index contributed by atoms with van der Waals surface area (Å²) in [5, 5.41) is 44.9. The zero-order chi connectivity index (χ0) is 22.3. The third kappa shape index (κ3) is 3.69. The van der Waals surface area contributed by atoms with Crippen LogP contribution in [-0.2, 0) is 0 Å². The zero-order valence-electron chi connectivity index (χ0n) is 17.3. The van der Waals surface area contributed by atoms with Gasteiger partial charge in [-0.1, -0.05) is 12.1 Å². The summed E-state index contributed by atoms with van der Waals surface area (Å²) in [7, 11) is 0. The predicted octanol–water partition coefficient (Wildman–Crippen LogP) is 2.39. The fourth-order valence-electron chi connectivity index (χ4n) is 4.03. The number of thiazole rings is 1. The van der Waals surface area contributed by atoms with Gasteiger partial charge in [-0.3, -0.25) is 5.10 Å². The third-order valence-electron chi connectivity index (χ3n) is 5.75. The molecule has 11 heteroatoms. The molecule has 32 heavy (non-hydrogen) atoms. The number of hydrogen-bond donors (Lipinski definition) is 6. The number of rotatable bonds is 6. The number of anilines is 3. The number of aliphatic hydroxyl groups is 3. The Labute approximate surface area is 187 Å². The van der Waals surface area contributed by atoms with Crippen LogP contribution in [0, 0.1) is 12.8 Å². The molecule has 1 aliphatic rings. The molecule has 0 saturated heterocycles. The number of aromatic nitrogens is 5. The number of nitrogens with one attached hydrogen (secondary N) is 3. The molecule has 10 nitrogen and oxygen atoms in total. The molecule has 3 heterocycles. The molecule has 1 aromatic carbocycles. The number of hydrogen-bond acceptors (Lipinski definition) is 10. The Kier molecular flexibility index (Phi) is 5.25. The normalized spacial score (nSPS) is 23.0. The molecule has 0 aliphatic heterocycles. The van der Waals surface area contributed by atoms with Gasteiger partial charge >= 0.3 is 0 Å². The summed E-state index contributed by atoms with van der Waals surface area (Å²) in [6, 6.07) is 9.56. The van der Waals surface area contributed by atoms with Gasteiger partial charge in [0.25, 0.3) is 0 Å². The smallest absolute Gasteiger partial charge is 0.230 e. The molecule has 3 aromatic heterocycles. The number of H-pyrrole nitrogens is 1. The molecule has 3 unspecified atom stereocenters. The predicted molar refractivity (Wildman–Crippen MR) is 122 cm³/mol. The van der Waals surface area contributed by atoms with Gasteiger partial charge in [-0.05, 0) is 31.9 Å². The lowest BCUT2D eigenvalue weighted by Gasteiger charge is -2.31. The van der Waals surface area contributed by atoms with E-state index in [9.17, 15) is 15.3 Å². The van der Waals surface area contributed by atoms with Gasteiger partial charge in [0.15, 0.2) is 5.72 Å². The van der Waals surface area contributed by atoms with Crippen LogP contribution in [0.1, 0.15) is 18.5 Å². The molecule has 3 atom stereocenters. The molecular formula is C21H23N7O3S. The Balaban J connectivity index is 1.60. The topological polar surface area (TPSA) is 152 Å². The van der Waals surface area contributed by atoms with Crippen LogP contribution in [0.3, 0.4) is 0 Å². The van der Waals surface area contributed by atoms with E-state index < -0.39 is 17.7 Å². The highest BCUT2D eigenvalue weighted by Gasteiger charge is 2.47. The van der Waals surface area contributed by atoms with Gasteiger partial charge in [0.05, 0.1) is 27.7 Å². The lowest BCUT2D eigenvalue weighted by molar-refractivity contribution is -0.0545. The van der Waals surface area contributed by atoms with E-state index in [2.05, 4.69) is 30.8 Å². The first-order chi connectivity index (χ1) is 15.5. The maximum absolute atomic E-state index is 11.2. The lowest BCUT2D eigenvalue weighted by atomic mass is 10.0. The molecule has 0 spiro atoms. The molecule has 4 aromatic rings. The number of para-hydroxylation sites is 1. The van der Waals surface area contributed by atoms with Crippen molar-refractivity contribution in [1.29, 1.82) is 0 Å². The number of aryl methyl sites for hydroxylation is 1. The van der Waals surface area contributed by atoms with Crippen molar-refractivity contribution in [2.24, 2.45) is 5.92 Å². The molecule has 1 aliphatic carbocycles. The Morgan fingerprint density at radius 2 is 2.06 bits per heavy atom. The van der Waals surface area contributed by atoms with E-state index in [0.717, 1.165) is 10.2 Å². The van der Waals surface area contributed by atoms with Crippen molar-refractivity contribution in [3.63, 3.8) is 0 Å². The second-order valence-electron chi connectivity index (χ2n) is 7.91. The van der Waals surface area contributed by atoms with Crippen LogP contribution in [0.4, 0.5) is 17.6 Å². The van der Waals surface area contributed by atoms with Crippen molar-refractivity contribution >= 4 is 39.1 Å². The Hall–Kier alpha value is -3.12. The van der Waals surface area contributed by atoms with Crippen LogP contribution in [-0.4, -0.2) is 58.9 Å². The molecule has 0 bridgehead atoms. The van der Waals surface area contributed by atoms with Gasteiger partial charge in [-0.2, -0.15) is 10.1 Å². The van der Waals surface area contributed by atoms with Crippen LogP contribution in [0.2, 0.25) is 0 Å². The first kappa shape index (κ1) is 20.8. The van der Waals surface area contributed by atoms with Crippen molar-refractivity contribution in [3.8, 4) is 10.6 Å². The van der Waals surface area contributed by atoms with Gasteiger partial charge in [-0.25, -0.2) is 9.97 Å². The van der Waals surface area contributed by atoms with Gasteiger partial charge in [0, 0.05) is 18.6 Å². The summed E-state index contributed by atoms with van der Waals surface area (Å²) in [6.07, 6.45) is 1.22. The lowest BCUT2D eigenvalue weighted by Crippen LogP contribution is -2.48. The Bertz CT molecular complexity index is 1210. The SMILES string of the molecule is Cc1nc(Nc2ccn[nH]2)nc(NC2(O)CCC(CO)C2O)c1-c1nc2ccccc2s1. The van der Waals surface area contributed by atoms with Crippen LogP contribution < -0.4 is 10.6 Å². The van der Waals surface area contributed by atoms with E-state index in [-0.39, 0.29) is 13.0 Å². The second kappa shape index (κ2) is 8.10.